The molecule has 2 unspecified atom stereocenters. The summed E-state index contributed by atoms with van der Waals surface area (Å²) in [6.07, 6.45) is 0.251. The number of nitrogens with zero attached hydrogens (tertiary/aromatic N) is 2. The number of thiazole rings is 1. The summed E-state index contributed by atoms with van der Waals surface area (Å²) in [7, 11) is 1.38. The quantitative estimate of drug-likeness (QED) is 0.668. The summed E-state index contributed by atoms with van der Waals surface area (Å²) < 4.78 is 18.6. The molecule has 23 heavy (non-hydrogen) atoms. The Labute approximate surface area is 134 Å². The molecule has 120 valence electrons. The van der Waals surface area contributed by atoms with Gasteiger partial charge in [0, 0.05) is 22.3 Å². The zero-order valence-electron chi connectivity index (χ0n) is 12.0. The molecule has 1 fully saturated rings. The van der Waals surface area contributed by atoms with Gasteiger partial charge in [0.05, 0.1) is 12.8 Å². The van der Waals surface area contributed by atoms with Gasteiger partial charge in [0.2, 0.25) is 11.9 Å². The lowest BCUT2D eigenvalue weighted by Gasteiger charge is -2.03. The van der Waals surface area contributed by atoms with Crippen molar-refractivity contribution >= 4 is 22.4 Å². The van der Waals surface area contributed by atoms with E-state index >= 15 is 0 Å². The van der Waals surface area contributed by atoms with Crippen molar-refractivity contribution in [1.29, 1.82) is 0 Å². The van der Waals surface area contributed by atoms with E-state index in [9.17, 15) is 19.3 Å². The highest BCUT2D eigenvalue weighted by Crippen LogP contribution is 2.35. The van der Waals surface area contributed by atoms with Gasteiger partial charge in [0.1, 0.15) is 5.92 Å². The first-order valence-corrected chi connectivity index (χ1v) is 7.61. The number of amides is 1. The number of halogens is 1. The molecule has 0 spiro atoms. The molecule has 2 atom stereocenters. The summed E-state index contributed by atoms with van der Waals surface area (Å²) in [5.41, 5.74) is 1.06. The summed E-state index contributed by atoms with van der Waals surface area (Å²) in [4.78, 5) is 26.2. The molecule has 1 saturated carbocycles. The average molecular weight is 337 g/mol. The fraction of sp³-hybridized carbons (Fsp3) is 0.286. The lowest BCUT2D eigenvalue weighted by molar-refractivity contribution is -0.497. The van der Waals surface area contributed by atoms with E-state index in [-0.39, 0.29) is 12.2 Å². The lowest BCUT2D eigenvalue weighted by Crippen LogP contribution is -2.18. The van der Waals surface area contributed by atoms with Gasteiger partial charge in [-0.3, -0.25) is 14.9 Å². The maximum atomic E-state index is 13.7. The van der Waals surface area contributed by atoms with Crippen LogP contribution in [0, 0.1) is 21.8 Å². The highest BCUT2D eigenvalue weighted by molar-refractivity contribution is 7.14. The summed E-state index contributed by atoms with van der Waals surface area (Å²) in [6.45, 7) is 0. The van der Waals surface area contributed by atoms with Crippen LogP contribution in [0.2, 0.25) is 0 Å². The Hall–Kier alpha value is -2.55. The SMILES string of the molecule is COc1ccc(-c2csc(NC(=O)C3CC3[N+](=O)[O-])n2)cc1F. The monoisotopic (exact) mass is 337 g/mol. The van der Waals surface area contributed by atoms with E-state index in [1.165, 1.54) is 30.6 Å². The highest BCUT2D eigenvalue weighted by atomic mass is 32.1. The minimum absolute atomic E-state index is 0.136. The van der Waals surface area contributed by atoms with Crippen LogP contribution in [0.1, 0.15) is 6.42 Å². The van der Waals surface area contributed by atoms with Crippen molar-refractivity contribution in [3.05, 3.63) is 39.5 Å². The number of rotatable bonds is 5. The molecule has 1 aliphatic rings. The predicted molar refractivity (Wildman–Crippen MR) is 81.6 cm³/mol. The summed E-state index contributed by atoms with van der Waals surface area (Å²) >= 11 is 1.18. The Bertz CT molecular complexity index is 779. The molecule has 0 saturated heterocycles. The number of hydrogen-bond donors (Lipinski definition) is 1. The second-order valence-corrected chi connectivity index (χ2v) is 5.93. The number of carbonyl (C=O) groups excluding carboxylic acids is 1. The van der Waals surface area contributed by atoms with Crippen LogP contribution < -0.4 is 10.1 Å². The number of benzene rings is 1. The smallest absolute Gasteiger partial charge is 0.236 e. The molecular formula is C14H12FN3O4S. The van der Waals surface area contributed by atoms with Gasteiger partial charge in [-0.25, -0.2) is 9.37 Å². The van der Waals surface area contributed by atoms with E-state index < -0.39 is 28.6 Å². The van der Waals surface area contributed by atoms with Gasteiger partial charge in [-0.15, -0.1) is 11.3 Å². The average Bonchev–Trinajstić information content (AvgIpc) is 3.21. The topological polar surface area (TPSA) is 94.4 Å². The number of nitro groups is 1. The molecule has 1 amide bonds. The molecule has 7 nitrogen and oxygen atoms in total. The molecule has 0 aliphatic heterocycles. The van der Waals surface area contributed by atoms with Crippen LogP contribution >= 0.6 is 11.3 Å². The fourth-order valence-corrected chi connectivity index (χ4v) is 2.91. The van der Waals surface area contributed by atoms with Crippen molar-refractivity contribution in [3.8, 4) is 17.0 Å². The number of ether oxygens (including phenoxy) is 1. The van der Waals surface area contributed by atoms with Crippen molar-refractivity contribution in [2.75, 3.05) is 12.4 Å². The summed E-state index contributed by atoms with van der Waals surface area (Å²) in [5.74, 6) is -1.38. The molecule has 3 rings (SSSR count). The first-order chi connectivity index (χ1) is 11.0. The van der Waals surface area contributed by atoms with Gasteiger partial charge < -0.3 is 10.1 Å². The van der Waals surface area contributed by atoms with E-state index in [2.05, 4.69) is 10.3 Å². The van der Waals surface area contributed by atoms with E-state index in [1.54, 1.807) is 11.4 Å². The van der Waals surface area contributed by atoms with Gasteiger partial charge in [-0.2, -0.15) is 0 Å². The Morgan fingerprint density at radius 3 is 2.96 bits per heavy atom. The molecule has 2 aromatic rings. The fourth-order valence-electron chi connectivity index (χ4n) is 2.18. The van der Waals surface area contributed by atoms with Gasteiger partial charge in [-0.1, -0.05) is 0 Å². The Kier molecular flexibility index (Phi) is 3.95. The molecule has 0 radical (unpaired) electrons. The van der Waals surface area contributed by atoms with Gasteiger partial charge in [0.15, 0.2) is 16.7 Å². The van der Waals surface area contributed by atoms with Crippen LogP contribution in [0.5, 0.6) is 5.75 Å². The Morgan fingerprint density at radius 1 is 1.57 bits per heavy atom. The van der Waals surface area contributed by atoms with E-state index in [0.717, 1.165) is 0 Å². The Balaban J connectivity index is 1.70. The molecule has 1 aromatic carbocycles. The van der Waals surface area contributed by atoms with Crippen LogP contribution in [-0.4, -0.2) is 29.0 Å². The molecule has 1 N–H and O–H groups in total. The molecule has 1 aromatic heterocycles. The number of methoxy groups -OCH3 is 1. The first kappa shape index (κ1) is 15.3. The largest absolute Gasteiger partial charge is 0.494 e. The Morgan fingerprint density at radius 2 is 2.35 bits per heavy atom. The van der Waals surface area contributed by atoms with Crippen LogP contribution in [0.15, 0.2) is 23.6 Å². The van der Waals surface area contributed by atoms with Crippen LogP contribution in [0.25, 0.3) is 11.3 Å². The van der Waals surface area contributed by atoms with Crippen LogP contribution in [-0.2, 0) is 4.79 Å². The number of carbonyl (C=O) groups is 1. The van der Waals surface area contributed by atoms with Crippen LogP contribution in [0.3, 0.4) is 0 Å². The number of aromatic nitrogens is 1. The van der Waals surface area contributed by atoms with E-state index in [1.807, 2.05) is 0 Å². The van der Waals surface area contributed by atoms with Crippen LogP contribution in [0.4, 0.5) is 9.52 Å². The minimum atomic E-state index is -0.801. The molecule has 1 heterocycles. The lowest BCUT2D eigenvalue weighted by atomic mass is 10.1. The summed E-state index contributed by atoms with van der Waals surface area (Å²) in [5, 5.41) is 15.1. The number of nitrogens with one attached hydrogen (secondary N) is 1. The summed E-state index contributed by atoms with van der Waals surface area (Å²) in [6, 6.07) is 3.65. The van der Waals surface area contributed by atoms with Gasteiger partial charge in [-0.05, 0) is 18.2 Å². The maximum Gasteiger partial charge on any atom is 0.236 e. The third-order valence-corrected chi connectivity index (χ3v) is 4.30. The van der Waals surface area contributed by atoms with Gasteiger partial charge >= 0.3 is 0 Å². The van der Waals surface area contributed by atoms with E-state index in [0.29, 0.717) is 16.4 Å². The van der Waals surface area contributed by atoms with Crippen molar-refractivity contribution in [2.45, 2.75) is 12.5 Å². The molecule has 9 heteroatoms. The van der Waals surface area contributed by atoms with E-state index in [4.69, 9.17) is 4.74 Å². The molecular weight excluding hydrogens is 325 g/mol. The third-order valence-electron chi connectivity index (χ3n) is 3.55. The second-order valence-electron chi connectivity index (χ2n) is 5.07. The second kappa shape index (κ2) is 5.92. The number of anilines is 1. The standard InChI is InChI=1S/C14H12FN3O4S/c1-22-12-3-2-7(4-9(12)15)10-6-23-14(16-10)17-13(19)8-5-11(8)18(20)21/h2-4,6,8,11H,5H2,1H3,(H,16,17,19). The zero-order valence-corrected chi connectivity index (χ0v) is 12.8. The molecule has 0 bridgehead atoms. The van der Waals surface area contributed by atoms with Crippen molar-refractivity contribution in [3.63, 3.8) is 0 Å². The van der Waals surface area contributed by atoms with Crippen molar-refractivity contribution in [1.82, 2.24) is 4.98 Å². The maximum absolute atomic E-state index is 13.7. The third kappa shape index (κ3) is 3.14. The molecule has 1 aliphatic carbocycles. The van der Waals surface area contributed by atoms with Crippen molar-refractivity contribution in [2.24, 2.45) is 5.92 Å². The normalized spacial score (nSPS) is 19.2. The zero-order chi connectivity index (χ0) is 16.6. The minimum Gasteiger partial charge on any atom is -0.494 e. The first-order valence-electron chi connectivity index (χ1n) is 6.73. The predicted octanol–water partition coefficient (Wildman–Crippen LogP) is 2.56. The van der Waals surface area contributed by atoms with Gasteiger partial charge in [0.25, 0.3) is 0 Å². The number of hydrogen-bond acceptors (Lipinski definition) is 6. The highest BCUT2D eigenvalue weighted by Gasteiger charge is 2.53. The van der Waals surface area contributed by atoms with Crippen molar-refractivity contribution < 1.29 is 18.8 Å².